The van der Waals surface area contributed by atoms with Crippen molar-refractivity contribution < 1.29 is 14.3 Å². The fraction of sp³-hybridized carbons (Fsp3) is 0.467. The van der Waals surface area contributed by atoms with Gasteiger partial charge in [0.25, 0.3) is 5.91 Å². The number of hydrogen-bond acceptors (Lipinski definition) is 3. The summed E-state index contributed by atoms with van der Waals surface area (Å²) in [4.78, 5) is 25.8. The van der Waals surface area contributed by atoms with Gasteiger partial charge in [-0.15, -0.1) is 0 Å². The predicted octanol–water partition coefficient (Wildman–Crippen LogP) is 2.90. The van der Waals surface area contributed by atoms with Gasteiger partial charge in [-0.2, -0.15) is 0 Å². The number of halogens is 1. The van der Waals surface area contributed by atoms with Crippen molar-refractivity contribution in [1.29, 1.82) is 0 Å². The molecular weight excluding hydrogens is 278 g/mol. The van der Waals surface area contributed by atoms with Crippen molar-refractivity contribution in [3.8, 4) is 0 Å². The van der Waals surface area contributed by atoms with Crippen molar-refractivity contribution in [1.82, 2.24) is 4.90 Å². The van der Waals surface area contributed by atoms with E-state index in [2.05, 4.69) is 0 Å². The van der Waals surface area contributed by atoms with Crippen LogP contribution in [0, 0.1) is 0 Å². The maximum atomic E-state index is 12.5. The van der Waals surface area contributed by atoms with Crippen LogP contribution in [0.15, 0.2) is 24.3 Å². The lowest BCUT2D eigenvalue weighted by molar-refractivity contribution is -0.142. The molecule has 1 aliphatic rings. The van der Waals surface area contributed by atoms with Crippen LogP contribution in [0.3, 0.4) is 0 Å². The number of nitrogens with zero attached hydrogens (tertiary/aromatic N) is 1. The highest BCUT2D eigenvalue weighted by molar-refractivity contribution is 6.30. The largest absolute Gasteiger partial charge is 0.469 e. The molecule has 1 unspecified atom stereocenters. The van der Waals surface area contributed by atoms with E-state index in [0.717, 1.165) is 19.3 Å². The fourth-order valence-corrected chi connectivity index (χ4v) is 2.73. The fourth-order valence-electron chi connectivity index (χ4n) is 2.54. The molecule has 108 valence electrons. The summed E-state index contributed by atoms with van der Waals surface area (Å²) in [5, 5.41) is 0.539. The molecule has 0 aliphatic carbocycles. The summed E-state index contributed by atoms with van der Waals surface area (Å²) in [7, 11) is 1.37. The normalized spacial score (nSPS) is 18.7. The quantitative estimate of drug-likeness (QED) is 0.806. The molecule has 1 saturated heterocycles. The monoisotopic (exact) mass is 295 g/mol. The number of amides is 1. The molecule has 0 spiro atoms. The first kappa shape index (κ1) is 14.9. The van der Waals surface area contributed by atoms with Gasteiger partial charge in [-0.3, -0.25) is 9.59 Å². The topological polar surface area (TPSA) is 46.6 Å². The van der Waals surface area contributed by atoms with Gasteiger partial charge in [0.2, 0.25) is 0 Å². The Labute approximate surface area is 123 Å². The van der Waals surface area contributed by atoms with Gasteiger partial charge in [-0.25, -0.2) is 0 Å². The second-order valence-electron chi connectivity index (χ2n) is 4.94. The van der Waals surface area contributed by atoms with Gasteiger partial charge >= 0.3 is 5.97 Å². The SMILES string of the molecule is COC(=O)CC1CCCCN1C(=O)c1cccc(Cl)c1. The standard InChI is InChI=1S/C15H18ClNO3/c1-20-14(18)10-13-7-2-3-8-17(13)15(19)11-5-4-6-12(16)9-11/h4-6,9,13H,2-3,7-8,10H2,1H3. The molecule has 1 atom stereocenters. The Kier molecular flexibility index (Phi) is 5.01. The van der Waals surface area contributed by atoms with E-state index in [4.69, 9.17) is 16.3 Å². The van der Waals surface area contributed by atoms with Gasteiger partial charge in [0.15, 0.2) is 0 Å². The van der Waals surface area contributed by atoms with Crippen molar-refractivity contribution in [3.05, 3.63) is 34.9 Å². The van der Waals surface area contributed by atoms with Crippen LogP contribution in [0.1, 0.15) is 36.0 Å². The van der Waals surface area contributed by atoms with E-state index in [-0.39, 0.29) is 24.3 Å². The third-order valence-electron chi connectivity index (χ3n) is 3.59. The third kappa shape index (κ3) is 3.51. The number of hydrogen-bond donors (Lipinski definition) is 0. The second-order valence-corrected chi connectivity index (χ2v) is 5.38. The Morgan fingerprint density at radius 1 is 1.40 bits per heavy atom. The van der Waals surface area contributed by atoms with E-state index in [1.165, 1.54) is 7.11 Å². The number of esters is 1. The highest BCUT2D eigenvalue weighted by Gasteiger charge is 2.29. The van der Waals surface area contributed by atoms with Crippen LogP contribution in [-0.2, 0) is 9.53 Å². The number of carbonyl (C=O) groups is 2. The lowest BCUT2D eigenvalue weighted by atomic mass is 9.98. The minimum absolute atomic E-state index is 0.0684. The Morgan fingerprint density at radius 2 is 2.20 bits per heavy atom. The predicted molar refractivity (Wildman–Crippen MR) is 76.8 cm³/mol. The number of carbonyl (C=O) groups excluding carboxylic acids is 2. The molecular formula is C15H18ClNO3. The first-order chi connectivity index (χ1) is 9.61. The van der Waals surface area contributed by atoms with Crippen LogP contribution in [0.25, 0.3) is 0 Å². The number of piperidine rings is 1. The first-order valence-electron chi connectivity index (χ1n) is 6.75. The lowest BCUT2D eigenvalue weighted by Gasteiger charge is -2.35. The molecule has 5 heteroatoms. The van der Waals surface area contributed by atoms with Crippen LogP contribution >= 0.6 is 11.6 Å². The summed E-state index contributed by atoms with van der Waals surface area (Å²) < 4.78 is 4.71. The van der Waals surface area contributed by atoms with Gasteiger partial charge in [-0.1, -0.05) is 17.7 Å². The van der Waals surface area contributed by atoms with Crippen LogP contribution in [0.4, 0.5) is 0 Å². The van der Waals surface area contributed by atoms with E-state index in [1.807, 2.05) is 0 Å². The third-order valence-corrected chi connectivity index (χ3v) is 3.82. The molecule has 0 aromatic heterocycles. The van der Waals surface area contributed by atoms with Gasteiger partial charge < -0.3 is 9.64 Å². The molecule has 1 fully saturated rings. The molecule has 1 aromatic rings. The number of rotatable bonds is 3. The molecule has 0 saturated carbocycles. The lowest BCUT2D eigenvalue weighted by Crippen LogP contribution is -2.44. The van der Waals surface area contributed by atoms with Crippen molar-refractivity contribution in [2.45, 2.75) is 31.7 Å². The first-order valence-corrected chi connectivity index (χ1v) is 7.13. The molecule has 0 bridgehead atoms. The Morgan fingerprint density at radius 3 is 2.90 bits per heavy atom. The number of methoxy groups -OCH3 is 1. The summed E-state index contributed by atoms with van der Waals surface area (Å²) in [5.41, 5.74) is 0.564. The zero-order chi connectivity index (χ0) is 14.5. The van der Waals surface area contributed by atoms with Gasteiger partial charge in [0, 0.05) is 23.2 Å². The van der Waals surface area contributed by atoms with Crippen LogP contribution in [-0.4, -0.2) is 36.5 Å². The minimum atomic E-state index is -0.277. The van der Waals surface area contributed by atoms with Crippen LogP contribution < -0.4 is 0 Å². The maximum absolute atomic E-state index is 12.5. The Balaban J connectivity index is 2.15. The molecule has 1 amide bonds. The van der Waals surface area contributed by atoms with Gasteiger partial charge in [-0.05, 0) is 37.5 Å². The molecule has 20 heavy (non-hydrogen) atoms. The summed E-state index contributed by atoms with van der Waals surface area (Å²) in [6, 6.07) is 6.82. The molecule has 0 radical (unpaired) electrons. The molecule has 0 N–H and O–H groups in total. The average Bonchev–Trinajstić information content (AvgIpc) is 2.47. The number of benzene rings is 1. The molecule has 1 aromatic carbocycles. The van der Waals surface area contributed by atoms with E-state index in [9.17, 15) is 9.59 Å². The van der Waals surface area contributed by atoms with E-state index in [0.29, 0.717) is 17.1 Å². The Hall–Kier alpha value is -1.55. The minimum Gasteiger partial charge on any atom is -0.469 e. The van der Waals surface area contributed by atoms with E-state index in [1.54, 1.807) is 29.2 Å². The zero-order valence-corrected chi connectivity index (χ0v) is 12.2. The molecule has 4 nitrogen and oxygen atoms in total. The van der Waals surface area contributed by atoms with Gasteiger partial charge in [0.1, 0.15) is 0 Å². The van der Waals surface area contributed by atoms with Gasteiger partial charge in [0.05, 0.1) is 13.5 Å². The van der Waals surface area contributed by atoms with E-state index >= 15 is 0 Å². The molecule has 1 heterocycles. The van der Waals surface area contributed by atoms with Crippen LogP contribution in [0.2, 0.25) is 5.02 Å². The highest BCUT2D eigenvalue weighted by Crippen LogP contribution is 2.23. The van der Waals surface area contributed by atoms with Crippen molar-refractivity contribution in [3.63, 3.8) is 0 Å². The van der Waals surface area contributed by atoms with Crippen molar-refractivity contribution in [2.24, 2.45) is 0 Å². The zero-order valence-electron chi connectivity index (χ0n) is 11.5. The summed E-state index contributed by atoms with van der Waals surface area (Å²) >= 11 is 5.93. The number of likely N-dealkylation sites (tertiary alicyclic amines) is 1. The van der Waals surface area contributed by atoms with Crippen molar-refractivity contribution >= 4 is 23.5 Å². The molecule has 1 aliphatic heterocycles. The molecule has 2 rings (SSSR count). The second kappa shape index (κ2) is 6.75. The maximum Gasteiger partial charge on any atom is 0.307 e. The average molecular weight is 296 g/mol. The van der Waals surface area contributed by atoms with Crippen LogP contribution in [0.5, 0.6) is 0 Å². The van der Waals surface area contributed by atoms with E-state index < -0.39 is 0 Å². The highest BCUT2D eigenvalue weighted by atomic mass is 35.5. The summed E-state index contributed by atoms with van der Waals surface area (Å²) in [6.07, 6.45) is 3.08. The summed E-state index contributed by atoms with van der Waals surface area (Å²) in [5.74, 6) is -0.345. The summed E-state index contributed by atoms with van der Waals surface area (Å²) in [6.45, 7) is 0.674. The number of ether oxygens (including phenoxy) is 1. The smallest absolute Gasteiger partial charge is 0.307 e. The van der Waals surface area contributed by atoms with Crippen molar-refractivity contribution in [2.75, 3.05) is 13.7 Å². The Bertz CT molecular complexity index is 504.